The highest BCUT2D eigenvalue weighted by molar-refractivity contribution is 9.10. The molecule has 0 saturated heterocycles. The van der Waals surface area contributed by atoms with Gasteiger partial charge in [0, 0.05) is 10.0 Å². The van der Waals surface area contributed by atoms with Gasteiger partial charge in [-0.2, -0.15) is 0 Å². The molecule has 3 rings (SSSR count). The minimum atomic E-state index is -0.202. The first-order valence-corrected chi connectivity index (χ1v) is 8.43. The summed E-state index contributed by atoms with van der Waals surface area (Å²) in [5.41, 5.74) is 2.70. The van der Waals surface area contributed by atoms with Gasteiger partial charge in [0.15, 0.2) is 5.69 Å². The van der Waals surface area contributed by atoms with Gasteiger partial charge in [-0.25, -0.2) is 4.68 Å². The van der Waals surface area contributed by atoms with Crippen molar-refractivity contribution in [3.63, 3.8) is 0 Å². The number of halogens is 1. The number of rotatable bonds is 5. The van der Waals surface area contributed by atoms with E-state index in [4.69, 9.17) is 4.74 Å². The molecule has 25 heavy (non-hydrogen) atoms. The third-order valence-electron chi connectivity index (χ3n) is 3.75. The number of carbonyl (C=O) groups excluding carboxylic acids is 1. The Bertz CT molecular complexity index is 930. The first-order valence-electron chi connectivity index (χ1n) is 7.64. The highest BCUT2D eigenvalue weighted by Crippen LogP contribution is 2.20. The second-order valence-corrected chi connectivity index (χ2v) is 6.27. The van der Waals surface area contributed by atoms with Gasteiger partial charge in [0.2, 0.25) is 5.78 Å². The fourth-order valence-electron chi connectivity index (χ4n) is 2.43. The van der Waals surface area contributed by atoms with Crippen LogP contribution >= 0.6 is 15.9 Å². The van der Waals surface area contributed by atoms with E-state index in [1.807, 2.05) is 55.5 Å². The van der Waals surface area contributed by atoms with Gasteiger partial charge in [-0.3, -0.25) is 4.79 Å². The van der Waals surface area contributed by atoms with E-state index < -0.39 is 0 Å². The van der Waals surface area contributed by atoms with Crippen molar-refractivity contribution in [2.75, 3.05) is 7.11 Å². The predicted octanol–water partition coefficient (Wildman–Crippen LogP) is 4.24. The third-order valence-corrected chi connectivity index (χ3v) is 4.28. The molecule has 0 aliphatic carbocycles. The lowest BCUT2D eigenvalue weighted by atomic mass is 10.1. The molecular weight excluding hydrogens is 382 g/mol. The van der Waals surface area contributed by atoms with Crippen molar-refractivity contribution in [1.29, 1.82) is 0 Å². The maximum Gasteiger partial charge on any atom is 0.208 e. The minimum absolute atomic E-state index is 0.202. The number of hydrogen-bond acceptors (Lipinski definition) is 4. The maximum atomic E-state index is 12.5. The number of ether oxygens (including phenoxy) is 1. The van der Waals surface area contributed by atoms with Gasteiger partial charge >= 0.3 is 0 Å². The van der Waals surface area contributed by atoms with Crippen LogP contribution in [0.2, 0.25) is 0 Å². The van der Waals surface area contributed by atoms with Crippen LogP contribution in [0.5, 0.6) is 5.75 Å². The van der Waals surface area contributed by atoms with Crippen LogP contribution in [0.3, 0.4) is 0 Å². The Morgan fingerprint density at radius 1 is 1.16 bits per heavy atom. The molecule has 0 aliphatic rings. The average molecular weight is 398 g/mol. The van der Waals surface area contributed by atoms with E-state index in [1.165, 1.54) is 6.08 Å². The Labute approximate surface area is 154 Å². The summed E-state index contributed by atoms with van der Waals surface area (Å²) in [4.78, 5) is 12.5. The zero-order valence-corrected chi connectivity index (χ0v) is 15.4. The SMILES string of the molecule is COc1ccccc1/C=C/C(=O)c1nnn(-c2ccc(Br)cc2)c1C. The van der Waals surface area contributed by atoms with Crippen molar-refractivity contribution >= 4 is 27.8 Å². The van der Waals surface area contributed by atoms with Crippen molar-refractivity contribution in [2.45, 2.75) is 6.92 Å². The van der Waals surface area contributed by atoms with E-state index in [0.717, 1.165) is 15.7 Å². The Morgan fingerprint density at radius 2 is 1.88 bits per heavy atom. The van der Waals surface area contributed by atoms with Crippen molar-refractivity contribution in [3.8, 4) is 11.4 Å². The van der Waals surface area contributed by atoms with Crippen molar-refractivity contribution < 1.29 is 9.53 Å². The van der Waals surface area contributed by atoms with Crippen molar-refractivity contribution in [1.82, 2.24) is 15.0 Å². The third kappa shape index (κ3) is 3.69. The number of allylic oxidation sites excluding steroid dienone is 1. The lowest BCUT2D eigenvalue weighted by Gasteiger charge is -2.03. The fourth-order valence-corrected chi connectivity index (χ4v) is 2.70. The molecule has 126 valence electrons. The number of hydrogen-bond donors (Lipinski definition) is 0. The van der Waals surface area contributed by atoms with Gasteiger partial charge < -0.3 is 4.74 Å². The van der Waals surface area contributed by atoms with Crippen LogP contribution < -0.4 is 4.74 Å². The van der Waals surface area contributed by atoms with E-state index in [2.05, 4.69) is 26.2 Å². The minimum Gasteiger partial charge on any atom is -0.496 e. The molecule has 0 atom stereocenters. The van der Waals surface area contributed by atoms with E-state index in [0.29, 0.717) is 17.1 Å². The van der Waals surface area contributed by atoms with Gasteiger partial charge in [-0.15, -0.1) is 5.10 Å². The Hall–Kier alpha value is -2.73. The van der Waals surface area contributed by atoms with Crippen molar-refractivity contribution in [2.24, 2.45) is 0 Å². The molecule has 6 heteroatoms. The summed E-state index contributed by atoms with van der Waals surface area (Å²) in [6.07, 6.45) is 3.21. The molecule has 0 radical (unpaired) electrons. The van der Waals surface area contributed by atoms with Gasteiger partial charge in [0.05, 0.1) is 18.5 Å². The van der Waals surface area contributed by atoms with Crippen LogP contribution in [0, 0.1) is 6.92 Å². The van der Waals surface area contributed by atoms with Crippen molar-refractivity contribution in [3.05, 3.63) is 76.0 Å². The molecule has 5 nitrogen and oxygen atoms in total. The monoisotopic (exact) mass is 397 g/mol. The molecule has 0 bridgehead atoms. The van der Waals surface area contributed by atoms with Crippen LogP contribution in [0.15, 0.2) is 59.1 Å². The van der Waals surface area contributed by atoms with E-state index in [1.54, 1.807) is 17.9 Å². The van der Waals surface area contributed by atoms with Gasteiger partial charge in [0.25, 0.3) is 0 Å². The molecule has 0 unspecified atom stereocenters. The summed E-state index contributed by atoms with van der Waals surface area (Å²) in [6, 6.07) is 15.1. The number of para-hydroxylation sites is 1. The summed E-state index contributed by atoms with van der Waals surface area (Å²) in [6.45, 7) is 1.83. The zero-order valence-electron chi connectivity index (χ0n) is 13.8. The lowest BCUT2D eigenvalue weighted by Crippen LogP contribution is -2.01. The lowest BCUT2D eigenvalue weighted by molar-refractivity contribution is 0.104. The quantitative estimate of drug-likeness (QED) is 0.477. The fraction of sp³-hybridized carbons (Fsp3) is 0.105. The second-order valence-electron chi connectivity index (χ2n) is 5.35. The summed E-state index contributed by atoms with van der Waals surface area (Å²) >= 11 is 3.40. The first kappa shape index (κ1) is 17.1. The maximum absolute atomic E-state index is 12.5. The largest absolute Gasteiger partial charge is 0.496 e. The summed E-state index contributed by atoms with van der Waals surface area (Å²) in [5.74, 6) is 0.508. The topological polar surface area (TPSA) is 57.0 Å². The number of aromatic nitrogens is 3. The predicted molar refractivity (Wildman–Crippen MR) is 100 cm³/mol. The smallest absolute Gasteiger partial charge is 0.208 e. The molecule has 0 spiro atoms. The Morgan fingerprint density at radius 3 is 2.60 bits per heavy atom. The summed E-state index contributed by atoms with van der Waals surface area (Å²) < 4.78 is 7.91. The van der Waals surface area contributed by atoms with Gasteiger partial charge in [0.1, 0.15) is 5.75 Å². The Kier molecular flexibility index (Phi) is 5.09. The van der Waals surface area contributed by atoms with Crippen LogP contribution in [0.1, 0.15) is 21.7 Å². The number of benzene rings is 2. The van der Waals surface area contributed by atoms with Gasteiger partial charge in [-0.1, -0.05) is 39.3 Å². The van der Waals surface area contributed by atoms with E-state index in [-0.39, 0.29) is 5.78 Å². The summed E-state index contributed by atoms with van der Waals surface area (Å²) in [5, 5.41) is 8.14. The summed E-state index contributed by atoms with van der Waals surface area (Å²) in [7, 11) is 1.60. The number of carbonyl (C=O) groups is 1. The molecular formula is C19H16BrN3O2. The highest BCUT2D eigenvalue weighted by atomic mass is 79.9. The molecule has 2 aromatic carbocycles. The molecule has 1 heterocycles. The van der Waals surface area contributed by atoms with Crippen LogP contribution in [0.25, 0.3) is 11.8 Å². The van der Waals surface area contributed by atoms with E-state index in [9.17, 15) is 4.79 Å². The average Bonchev–Trinajstić information content (AvgIpc) is 3.02. The Balaban J connectivity index is 1.86. The molecule has 0 fully saturated rings. The number of ketones is 1. The van der Waals surface area contributed by atoms with E-state index >= 15 is 0 Å². The van der Waals surface area contributed by atoms with Gasteiger partial charge in [-0.05, 0) is 49.4 Å². The van der Waals surface area contributed by atoms with Crippen LogP contribution in [0.4, 0.5) is 0 Å². The van der Waals surface area contributed by atoms with Crippen LogP contribution in [-0.4, -0.2) is 27.9 Å². The molecule has 3 aromatic rings. The highest BCUT2D eigenvalue weighted by Gasteiger charge is 2.15. The molecule has 0 saturated carbocycles. The number of nitrogens with zero attached hydrogens (tertiary/aromatic N) is 3. The molecule has 0 aliphatic heterocycles. The molecule has 1 aromatic heterocycles. The number of methoxy groups -OCH3 is 1. The molecule has 0 amide bonds. The zero-order chi connectivity index (χ0) is 17.8. The normalized spacial score (nSPS) is 11.0. The van der Waals surface area contributed by atoms with Crippen LogP contribution in [-0.2, 0) is 0 Å². The molecule has 0 N–H and O–H groups in total. The second kappa shape index (κ2) is 7.44. The first-order chi connectivity index (χ1) is 12.1. The standard InChI is InChI=1S/C19H16BrN3O2/c1-13-19(21-22-23(13)16-10-8-15(20)9-11-16)17(24)12-7-14-5-3-4-6-18(14)25-2/h3-12H,1-2H3/b12-7+.